The second-order valence-corrected chi connectivity index (χ2v) is 9.72. The molecule has 0 bridgehead atoms. The summed E-state index contributed by atoms with van der Waals surface area (Å²) in [6, 6.07) is 13.3. The Labute approximate surface area is 226 Å². The van der Waals surface area contributed by atoms with Gasteiger partial charge in [-0.05, 0) is 47.5 Å². The molecule has 11 heteroatoms. The molecule has 4 rings (SSSR count). The summed E-state index contributed by atoms with van der Waals surface area (Å²) < 4.78 is 40.7. The zero-order chi connectivity index (χ0) is 27.4. The maximum atomic E-state index is 13.0. The number of hydrogen-bond acceptors (Lipinski definition) is 3. The van der Waals surface area contributed by atoms with Crippen molar-refractivity contribution in [3.63, 3.8) is 0 Å². The van der Waals surface area contributed by atoms with Crippen LogP contribution in [0.5, 0.6) is 0 Å². The summed E-state index contributed by atoms with van der Waals surface area (Å²) >= 11 is 12.6. The molecule has 1 atom stereocenters. The first-order valence-electron chi connectivity index (χ1n) is 11.6. The lowest BCUT2D eigenvalue weighted by Crippen LogP contribution is -2.25. The molecule has 1 aromatic heterocycles. The van der Waals surface area contributed by atoms with Gasteiger partial charge in [-0.2, -0.15) is 18.3 Å². The van der Waals surface area contributed by atoms with Crippen molar-refractivity contribution in [1.82, 2.24) is 15.1 Å². The zero-order valence-corrected chi connectivity index (χ0v) is 21.3. The number of carbonyl (C=O) groups excluding carboxylic acids is 1. The quantitative estimate of drug-likeness (QED) is 0.313. The summed E-state index contributed by atoms with van der Waals surface area (Å²) in [6.45, 7) is 0.318. The molecule has 2 N–H and O–H groups in total. The number of allylic oxidation sites excluding steroid dienone is 4. The van der Waals surface area contributed by atoms with Crippen LogP contribution >= 0.6 is 23.2 Å². The van der Waals surface area contributed by atoms with Crippen LogP contribution in [0, 0.1) is 0 Å². The second kappa shape index (κ2) is 11.4. The van der Waals surface area contributed by atoms with Crippen LogP contribution in [-0.4, -0.2) is 38.7 Å². The molecule has 1 heterocycles. The van der Waals surface area contributed by atoms with Crippen LogP contribution in [0.15, 0.2) is 71.8 Å². The van der Waals surface area contributed by atoms with Crippen LogP contribution in [0.25, 0.3) is 16.8 Å². The fourth-order valence-electron chi connectivity index (χ4n) is 3.94. The number of halogens is 5. The van der Waals surface area contributed by atoms with E-state index in [4.69, 9.17) is 28.3 Å². The Bertz CT molecular complexity index is 1400. The summed E-state index contributed by atoms with van der Waals surface area (Å²) in [5.74, 6) is -1.39. The predicted molar refractivity (Wildman–Crippen MR) is 139 cm³/mol. The fourth-order valence-corrected chi connectivity index (χ4v) is 4.60. The lowest BCUT2D eigenvalue weighted by molar-refractivity contribution is -0.138. The van der Waals surface area contributed by atoms with E-state index >= 15 is 0 Å². The highest BCUT2D eigenvalue weighted by Crippen LogP contribution is 2.34. The predicted octanol–water partition coefficient (Wildman–Crippen LogP) is 6.34. The lowest BCUT2D eigenvalue weighted by atomic mass is 10.0. The molecule has 6 nitrogen and oxygen atoms in total. The van der Waals surface area contributed by atoms with Crippen molar-refractivity contribution in [3.8, 4) is 11.3 Å². The van der Waals surface area contributed by atoms with Gasteiger partial charge in [0.2, 0.25) is 0 Å². The Morgan fingerprint density at radius 3 is 2.39 bits per heavy atom. The van der Waals surface area contributed by atoms with Gasteiger partial charge in [0.25, 0.3) is 5.91 Å². The van der Waals surface area contributed by atoms with Crippen molar-refractivity contribution < 1.29 is 27.9 Å². The average molecular weight is 564 g/mol. The largest absolute Gasteiger partial charge is 0.481 e. The van der Waals surface area contributed by atoms with Gasteiger partial charge in [0.1, 0.15) is 0 Å². The van der Waals surface area contributed by atoms with Crippen molar-refractivity contribution >= 4 is 40.7 Å². The zero-order valence-electron chi connectivity index (χ0n) is 19.8. The van der Waals surface area contributed by atoms with Crippen LogP contribution in [0.2, 0.25) is 0 Å². The van der Waals surface area contributed by atoms with Crippen LogP contribution in [0.3, 0.4) is 0 Å². The van der Waals surface area contributed by atoms with Crippen LogP contribution < -0.4 is 5.32 Å². The second-order valence-electron chi connectivity index (χ2n) is 8.68. The number of rotatable bonds is 8. The van der Waals surface area contributed by atoms with E-state index in [0.29, 0.717) is 40.5 Å². The third kappa shape index (κ3) is 6.85. The van der Waals surface area contributed by atoms with Crippen molar-refractivity contribution in [3.05, 3.63) is 94.2 Å². The summed E-state index contributed by atoms with van der Waals surface area (Å²) in [6.07, 6.45) is -0.490. The molecule has 38 heavy (non-hydrogen) atoms. The molecule has 0 fully saturated rings. The number of aliphatic carboxylic acids is 1. The molecule has 1 aliphatic carbocycles. The van der Waals surface area contributed by atoms with Gasteiger partial charge in [0.05, 0.1) is 35.3 Å². The number of carboxylic acids is 1. The Kier molecular flexibility index (Phi) is 8.28. The minimum Gasteiger partial charge on any atom is -0.481 e. The summed E-state index contributed by atoms with van der Waals surface area (Å²) in [7, 11) is 0. The van der Waals surface area contributed by atoms with Crippen molar-refractivity contribution in [2.75, 3.05) is 6.54 Å². The highest BCUT2D eigenvalue weighted by molar-refractivity contribution is 6.32. The van der Waals surface area contributed by atoms with Gasteiger partial charge < -0.3 is 10.4 Å². The van der Waals surface area contributed by atoms with E-state index in [1.54, 1.807) is 41.1 Å². The first-order valence-corrected chi connectivity index (χ1v) is 12.4. The standard InChI is InChI=1S/C27H22Cl2F3N3O3/c28-21-11-19(12-22(29)13-21)24-14-23(17-5-7-20(8-6-17)27(30,31)32)34-35(24)15-16-1-3-18(4-2-16)26(38)33-10-9-25(36)37/h1-8,11-12,14,21H,9-10,13,15H2,(H,33,38)(H,36,37). The molecule has 3 aromatic rings. The van der Waals surface area contributed by atoms with Crippen molar-refractivity contribution in [2.45, 2.75) is 30.9 Å². The number of alkyl halides is 4. The number of benzene rings is 2. The van der Waals surface area contributed by atoms with Gasteiger partial charge in [-0.3, -0.25) is 14.3 Å². The molecular formula is C27H22Cl2F3N3O3. The van der Waals surface area contributed by atoms with Crippen LogP contribution in [-0.2, 0) is 17.5 Å². The van der Waals surface area contributed by atoms with E-state index in [1.807, 2.05) is 6.08 Å². The number of aromatic nitrogens is 2. The first kappa shape index (κ1) is 27.5. The number of hydrogen-bond donors (Lipinski definition) is 2. The molecule has 198 valence electrons. The summed E-state index contributed by atoms with van der Waals surface area (Å²) in [5, 5.41) is 16.2. The maximum absolute atomic E-state index is 13.0. The van der Waals surface area contributed by atoms with Gasteiger partial charge in [-0.1, -0.05) is 41.9 Å². The molecule has 2 aromatic carbocycles. The van der Waals surface area contributed by atoms with Gasteiger partial charge in [0.15, 0.2) is 0 Å². The molecule has 0 radical (unpaired) electrons. The Hall–Kier alpha value is -3.56. The Morgan fingerprint density at radius 2 is 1.79 bits per heavy atom. The van der Waals surface area contributed by atoms with Gasteiger partial charge >= 0.3 is 12.1 Å². The highest BCUT2D eigenvalue weighted by atomic mass is 35.5. The molecule has 1 amide bonds. The molecule has 1 aliphatic rings. The number of amides is 1. The summed E-state index contributed by atoms with van der Waals surface area (Å²) in [5.41, 5.74) is 2.85. The number of carboxylic acid groups (broad SMARTS) is 1. The SMILES string of the molecule is O=C(O)CCNC(=O)c1ccc(Cn2nc(-c3ccc(C(F)(F)F)cc3)cc2C2=CC(Cl)CC(Cl)=C2)cc1. The van der Waals surface area contributed by atoms with E-state index in [0.717, 1.165) is 23.3 Å². The van der Waals surface area contributed by atoms with Gasteiger partial charge in [-0.25, -0.2) is 0 Å². The van der Waals surface area contributed by atoms with E-state index in [9.17, 15) is 22.8 Å². The lowest BCUT2D eigenvalue weighted by Gasteiger charge is -2.15. The first-order chi connectivity index (χ1) is 18.0. The molecular weight excluding hydrogens is 542 g/mol. The number of carbonyl (C=O) groups is 2. The minimum absolute atomic E-state index is 0.0199. The normalized spacial score (nSPS) is 15.6. The molecule has 0 aliphatic heterocycles. The minimum atomic E-state index is -4.44. The molecule has 0 saturated heterocycles. The van der Waals surface area contributed by atoms with Gasteiger partial charge in [-0.15, -0.1) is 11.6 Å². The average Bonchev–Trinajstić information content (AvgIpc) is 3.27. The smallest absolute Gasteiger partial charge is 0.416 e. The van der Waals surface area contributed by atoms with Crippen LogP contribution in [0.4, 0.5) is 13.2 Å². The highest BCUT2D eigenvalue weighted by Gasteiger charge is 2.30. The van der Waals surface area contributed by atoms with Crippen molar-refractivity contribution in [1.29, 1.82) is 0 Å². The van der Waals surface area contributed by atoms with E-state index < -0.39 is 17.7 Å². The molecule has 0 spiro atoms. The van der Waals surface area contributed by atoms with Crippen LogP contribution in [0.1, 0.15) is 40.0 Å². The monoisotopic (exact) mass is 563 g/mol. The van der Waals surface area contributed by atoms with Crippen molar-refractivity contribution in [2.24, 2.45) is 0 Å². The molecule has 0 saturated carbocycles. The topological polar surface area (TPSA) is 84.2 Å². The Balaban J connectivity index is 1.62. The van der Waals surface area contributed by atoms with E-state index in [-0.39, 0.29) is 24.2 Å². The number of nitrogens with zero attached hydrogens (tertiary/aromatic N) is 2. The van der Waals surface area contributed by atoms with E-state index in [2.05, 4.69) is 10.4 Å². The van der Waals surface area contributed by atoms with E-state index in [1.165, 1.54) is 12.1 Å². The number of nitrogens with one attached hydrogen (secondary N) is 1. The third-order valence-electron chi connectivity index (χ3n) is 5.82. The Morgan fingerprint density at radius 1 is 1.11 bits per heavy atom. The fraction of sp³-hybridized carbons (Fsp3) is 0.222. The maximum Gasteiger partial charge on any atom is 0.416 e. The molecule has 1 unspecified atom stereocenters. The van der Waals surface area contributed by atoms with Gasteiger partial charge in [0, 0.05) is 29.1 Å². The third-order valence-corrected chi connectivity index (χ3v) is 6.36. The summed E-state index contributed by atoms with van der Waals surface area (Å²) in [4.78, 5) is 22.9.